The average Bonchev–Trinajstić information content (AvgIpc) is 1.53. The Bertz CT molecular complexity index is 2770. The molecule has 21 nitrogen and oxygen atoms in total. The minimum Gasteiger partial charge on any atom is -0.445 e. The molecular formula is C65H106N10O11S. The highest BCUT2D eigenvalue weighted by atomic mass is 32.2. The first-order chi connectivity index (χ1) is 39.9. The van der Waals surface area contributed by atoms with E-state index in [1.54, 1.807) is 19.2 Å². The van der Waals surface area contributed by atoms with E-state index in [-0.39, 0.29) is 89.1 Å². The van der Waals surface area contributed by atoms with Gasteiger partial charge in [0, 0.05) is 76.9 Å². The highest BCUT2D eigenvalue weighted by Crippen LogP contribution is 2.71. The Balaban J connectivity index is 0.000000597. The number of amides is 6. The van der Waals surface area contributed by atoms with Crippen molar-refractivity contribution in [2.75, 3.05) is 47.3 Å². The first kappa shape index (κ1) is 76.7. The summed E-state index contributed by atoms with van der Waals surface area (Å²) in [5.41, 5.74) is 4.90. The van der Waals surface area contributed by atoms with Crippen LogP contribution in [0, 0.1) is 63.1 Å². The molecule has 2 saturated carbocycles. The molecule has 1 heterocycles. The van der Waals surface area contributed by atoms with Crippen LogP contribution in [-0.2, 0) is 45.3 Å². The highest BCUT2D eigenvalue weighted by Gasteiger charge is 2.70. The molecule has 22 heteroatoms. The standard InChI is InChI=1S/C38H56N6O7S.C15H24N2O2.C12H26N2O2/c1-12-14-17-25(31(46)34(48)40-19-13-2)41-33(47)28-23(21-24-29(28)38(24,9)10)30(45)32(37(6,7)8)43-35(49)42-26(36(3,4)5)22-44(11)52(50,51)27-18-15-16-20-39-27;1-15(2,3)13(10-16-4)17-14(18)19-11-12-8-6-5-7-9-12;1-11(2,3)9(13)8-14(7)10(15)16-12(4,5)6/h1,13,15-16,18,20,23-26,28-29,32H,2,14,17,19,21-22H2,3-11H3,(H,40,48)(H,41,47)(H2,42,43,49);5-9,13,16H,10-11H2,1-4H3,(H,17,18);9H,8,13H2,1-7H3/t23?,24-,25?,26+,28-,29-,32+;13-;9-/m011/s1. The van der Waals surface area contributed by atoms with Gasteiger partial charge in [-0.15, -0.1) is 18.9 Å². The zero-order valence-corrected chi connectivity index (χ0v) is 56.5. The Morgan fingerprint density at radius 1 is 0.816 bits per heavy atom. The lowest BCUT2D eigenvalue weighted by Crippen LogP contribution is -2.59. The summed E-state index contributed by atoms with van der Waals surface area (Å²) < 4.78 is 38.1. The maximum atomic E-state index is 14.5. The third-order valence-corrected chi connectivity index (χ3v) is 17.5. The van der Waals surface area contributed by atoms with E-state index >= 15 is 0 Å². The van der Waals surface area contributed by atoms with E-state index in [0.29, 0.717) is 26.1 Å². The van der Waals surface area contributed by atoms with Gasteiger partial charge in [0.2, 0.25) is 11.7 Å². The maximum absolute atomic E-state index is 14.5. The molecule has 2 unspecified atom stereocenters. The SMILES string of the molecule is C#CCCC(NC(=O)[C@H]1C(C(=O)[C@@H](NC(=O)N[C@H](CN(C)S(=O)(=O)c2ccccn2)C(C)(C)C)C(C)(C)C)C[C@H]2[C@@H]1C2(C)C)C(=O)C(=O)NCC=C.CN(C[C@@H](N)C(C)(C)C)C(=O)OC(C)(C)C.CNC[C@@H](NC(=O)OCc1ccccc1)C(C)(C)C. The van der Waals surface area contributed by atoms with Crippen molar-refractivity contribution in [1.29, 1.82) is 0 Å². The van der Waals surface area contributed by atoms with Crippen LogP contribution in [0.2, 0.25) is 0 Å². The smallest absolute Gasteiger partial charge is 0.410 e. The summed E-state index contributed by atoms with van der Waals surface area (Å²) in [5.74, 6) is -1.72. The van der Waals surface area contributed by atoms with E-state index in [9.17, 15) is 42.0 Å². The molecule has 0 spiro atoms. The number of nitrogens with one attached hydrogen (secondary N) is 6. The van der Waals surface area contributed by atoms with Crippen molar-refractivity contribution in [1.82, 2.24) is 46.1 Å². The van der Waals surface area contributed by atoms with Crippen LogP contribution in [0.15, 0.2) is 72.4 Å². The number of nitrogens with two attached hydrogens (primary N) is 1. The molecule has 0 saturated heterocycles. The number of hydrogen-bond acceptors (Lipinski definition) is 14. The van der Waals surface area contributed by atoms with Gasteiger partial charge >= 0.3 is 18.2 Å². The Labute approximate surface area is 520 Å². The van der Waals surface area contributed by atoms with Crippen molar-refractivity contribution in [3.05, 3.63) is 72.9 Å². The van der Waals surface area contributed by atoms with E-state index in [0.717, 1.165) is 9.87 Å². The van der Waals surface area contributed by atoms with E-state index in [4.69, 9.17) is 21.6 Å². The first-order valence-electron chi connectivity index (χ1n) is 29.8. The third kappa shape index (κ3) is 24.2. The number of fused-ring (bicyclic) bond motifs is 1. The topological polar surface area (TPSA) is 290 Å². The number of sulfonamides is 1. The number of urea groups is 1. The molecule has 1 aromatic carbocycles. The molecule has 2 aromatic rings. The molecule has 8 N–H and O–H groups in total. The molecule has 2 fully saturated rings. The molecule has 0 aliphatic heterocycles. The summed E-state index contributed by atoms with van der Waals surface area (Å²) in [6.07, 6.45) is 8.17. The second-order valence-corrected chi connectivity index (χ2v) is 30.7. The Morgan fingerprint density at radius 3 is 1.90 bits per heavy atom. The summed E-state index contributed by atoms with van der Waals surface area (Å²) in [5, 5.41) is 16.8. The van der Waals surface area contributed by atoms with E-state index < -0.39 is 80.0 Å². The van der Waals surface area contributed by atoms with Gasteiger partial charge in [-0.25, -0.2) is 27.8 Å². The first-order valence-corrected chi connectivity index (χ1v) is 31.3. The predicted octanol–water partition coefficient (Wildman–Crippen LogP) is 7.85. The molecule has 2 aliphatic rings. The molecule has 4 rings (SSSR count). The molecule has 1 aromatic heterocycles. The van der Waals surface area contributed by atoms with Gasteiger partial charge in [0.1, 0.15) is 12.2 Å². The van der Waals surface area contributed by atoms with Crippen LogP contribution in [-0.4, -0.2) is 147 Å². The van der Waals surface area contributed by atoms with Gasteiger partial charge in [-0.3, -0.25) is 19.2 Å². The molecular weight excluding hydrogens is 1130 g/mol. The van der Waals surface area contributed by atoms with Crippen LogP contribution in [0.5, 0.6) is 0 Å². The summed E-state index contributed by atoms with van der Waals surface area (Å²) in [4.78, 5) is 96.8. The van der Waals surface area contributed by atoms with Gasteiger partial charge in [-0.2, -0.15) is 4.31 Å². The quantitative estimate of drug-likeness (QED) is 0.0317. The Hall–Kier alpha value is -6.41. The van der Waals surface area contributed by atoms with Gasteiger partial charge in [-0.05, 0) is 97.3 Å². The van der Waals surface area contributed by atoms with E-state index in [1.165, 1.54) is 30.3 Å². The summed E-state index contributed by atoms with van der Waals surface area (Å²) >= 11 is 0. The number of pyridine rings is 1. The van der Waals surface area contributed by atoms with Crippen LogP contribution in [0.25, 0.3) is 0 Å². The van der Waals surface area contributed by atoms with Crippen molar-refractivity contribution in [2.24, 2.45) is 56.5 Å². The molecule has 2 aliphatic carbocycles. The number of alkyl carbamates (subject to hydrolysis) is 1. The lowest BCUT2D eigenvalue weighted by Gasteiger charge is -2.37. The predicted molar refractivity (Wildman–Crippen MR) is 341 cm³/mol. The normalized spacial score (nSPS) is 18.9. The fourth-order valence-electron chi connectivity index (χ4n) is 9.91. The maximum Gasteiger partial charge on any atom is 0.410 e. The monoisotopic (exact) mass is 1230 g/mol. The summed E-state index contributed by atoms with van der Waals surface area (Å²) in [6.45, 7) is 38.2. The zero-order chi connectivity index (χ0) is 66.8. The fourth-order valence-corrected chi connectivity index (χ4v) is 11.0. The number of carbonyl (C=O) groups excluding carboxylic acids is 7. The largest absolute Gasteiger partial charge is 0.445 e. The van der Waals surface area contributed by atoms with E-state index in [1.807, 2.05) is 114 Å². The van der Waals surface area contributed by atoms with Crippen molar-refractivity contribution in [2.45, 2.75) is 184 Å². The number of benzene rings is 1. The number of terminal acetylenes is 1. The average molecular weight is 1240 g/mol. The van der Waals surface area contributed by atoms with Crippen LogP contribution in [0.1, 0.15) is 143 Å². The molecule has 0 bridgehead atoms. The summed E-state index contributed by atoms with van der Waals surface area (Å²) in [6, 6.07) is 10.7. The van der Waals surface area contributed by atoms with Crippen molar-refractivity contribution in [3.63, 3.8) is 0 Å². The van der Waals surface area contributed by atoms with Crippen LogP contribution < -0.4 is 37.6 Å². The number of aromatic nitrogens is 1. The number of Topliss-reactive ketones (excluding diaryl/α,β-unsaturated/α-hetero) is 2. The van der Waals surface area contributed by atoms with Gasteiger partial charge in [0.05, 0.1) is 18.0 Å². The Kier molecular flexibility index (Phi) is 28.4. The van der Waals surface area contributed by atoms with E-state index in [2.05, 4.69) is 90.9 Å². The molecule has 0 radical (unpaired) electrons. The number of hydrogen-bond donors (Lipinski definition) is 7. The number of ketones is 2. The van der Waals surface area contributed by atoms with Gasteiger partial charge in [-0.1, -0.05) is 139 Å². The minimum absolute atomic E-state index is 0.0176. The lowest BCUT2D eigenvalue weighted by molar-refractivity contribution is -0.141. The van der Waals surface area contributed by atoms with Gasteiger partial charge in [0.25, 0.3) is 15.9 Å². The van der Waals surface area contributed by atoms with Crippen LogP contribution in [0.3, 0.4) is 0 Å². The highest BCUT2D eigenvalue weighted by molar-refractivity contribution is 7.89. The number of rotatable bonds is 23. The molecule has 488 valence electrons. The second kappa shape index (κ2) is 32.2. The van der Waals surface area contributed by atoms with Crippen LogP contribution >= 0.6 is 0 Å². The third-order valence-electron chi connectivity index (χ3n) is 15.8. The number of nitrogens with zero attached hydrogens (tertiary/aromatic N) is 3. The second-order valence-electron chi connectivity index (χ2n) is 28.7. The number of ether oxygens (including phenoxy) is 2. The minimum atomic E-state index is -3.95. The number of carbonyl (C=O) groups is 7. The number of likely N-dealkylation sites (N-methyl/N-ethyl adjacent to an activating group) is 3. The van der Waals surface area contributed by atoms with Gasteiger partial charge in [0.15, 0.2) is 10.8 Å². The zero-order valence-electron chi connectivity index (χ0n) is 55.7. The molecule has 9 atom stereocenters. The Morgan fingerprint density at radius 2 is 1.40 bits per heavy atom. The van der Waals surface area contributed by atoms with Crippen LogP contribution in [0.4, 0.5) is 14.4 Å². The lowest BCUT2D eigenvalue weighted by atomic mass is 9.74. The fraction of sp³-hybridized carbons (Fsp3) is 0.662. The van der Waals surface area contributed by atoms with Crippen molar-refractivity contribution < 1.29 is 51.5 Å². The van der Waals surface area contributed by atoms with Gasteiger partial charge < -0.3 is 52.0 Å². The molecule has 87 heavy (non-hydrogen) atoms. The van der Waals surface area contributed by atoms with Crippen molar-refractivity contribution in [3.8, 4) is 12.3 Å². The summed E-state index contributed by atoms with van der Waals surface area (Å²) in [7, 11) is 1.04. The molecule has 6 amide bonds. The van der Waals surface area contributed by atoms with Crippen molar-refractivity contribution >= 4 is 51.6 Å².